The Morgan fingerprint density at radius 1 is 1.34 bits per heavy atom. The van der Waals surface area contributed by atoms with Gasteiger partial charge in [-0.25, -0.2) is 9.97 Å². The molecule has 152 valence electrons. The molecule has 0 aliphatic carbocycles. The zero-order chi connectivity index (χ0) is 20.4. The summed E-state index contributed by atoms with van der Waals surface area (Å²) in [7, 11) is 3.30. The number of amides is 1. The summed E-state index contributed by atoms with van der Waals surface area (Å²) in [4.78, 5) is 26.7. The molecule has 3 heterocycles. The number of nitrogens with two attached hydrogens (primary N) is 1. The van der Waals surface area contributed by atoms with Crippen molar-refractivity contribution in [1.82, 2.24) is 19.9 Å². The molecule has 8 nitrogen and oxygen atoms in total. The lowest BCUT2D eigenvalue weighted by molar-refractivity contribution is -0.136. The Labute approximate surface area is 169 Å². The van der Waals surface area contributed by atoms with Crippen LogP contribution in [0.1, 0.15) is 24.7 Å². The molecular weight excluding hydrogens is 370 g/mol. The molecule has 0 spiro atoms. The van der Waals surface area contributed by atoms with E-state index in [4.69, 9.17) is 15.2 Å². The van der Waals surface area contributed by atoms with Crippen molar-refractivity contribution in [3.63, 3.8) is 0 Å². The fraction of sp³-hybridized carbons (Fsp3) is 0.381. The number of aromatic nitrogens is 3. The van der Waals surface area contributed by atoms with E-state index in [2.05, 4.69) is 15.0 Å². The smallest absolute Gasteiger partial charge is 0.236 e. The average Bonchev–Trinajstić information content (AvgIpc) is 3.27. The van der Waals surface area contributed by atoms with Crippen LogP contribution in [-0.4, -0.2) is 59.2 Å². The van der Waals surface area contributed by atoms with Crippen molar-refractivity contribution in [2.45, 2.75) is 25.0 Å². The van der Waals surface area contributed by atoms with Gasteiger partial charge in [0.15, 0.2) is 0 Å². The summed E-state index contributed by atoms with van der Waals surface area (Å²) in [5, 5.41) is 1.01. The lowest BCUT2D eigenvalue weighted by Crippen LogP contribution is -2.45. The Bertz CT molecular complexity index is 1020. The minimum Gasteiger partial charge on any atom is -0.480 e. The molecule has 0 saturated carbocycles. The van der Waals surface area contributed by atoms with Gasteiger partial charge in [0.1, 0.15) is 5.82 Å². The van der Waals surface area contributed by atoms with Crippen molar-refractivity contribution in [2.24, 2.45) is 5.73 Å². The van der Waals surface area contributed by atoms with E-state index in [0.717, 1.165) is 28.6 Å². The molecule has 0 unspecified atom stereocenters. The third kappa shape index (κ3) is 3.68. The maximum atomic E-state index is 12.4. The molecule has 3 aromatic rings. The number of rotatable bonds is 5. The lowest BCUT2D eigenvalue weighted by atomic mass is 9.98. The monoisotopic (exact) mass is 395 g/mol. The molecule has 1 amide bonds. The molecular formula is C21H25N5O3. The van der Waals surface area contributed by atoms with Crippen molar-refractivity contribution in [3.05, 3.63) is 42.4 Å². The molecule has 4 rings (SSSR count). The Kier molecular flexibility index (Phi) is 5.46. The highest BCUT2D eigenvalue weighted by atomic mass is 16.5. The summed E-state index contributed by atoms with van der Waals surface area (Å²) >= 11 is 0. The Balaban J connectivity index is 1.71. The number of methoxy groups -OCH3 is 2. The Morgan fingerprint density at radius 2 is 2.17 bits per heavy atom. The summed E-state index contributed by atoms with van der Waals surface area (Å²) in [5.41, 5.74) is 8.09. The number of fused-ring (bicyclic) bond motifs is 1. The Hall–Kier alpha value is -2.97. The van der Waals surface area contributed by atoms with E-state index >= 15 is 0 Å². The predicted molar refractivity (Wildman–Crippen MR) is 109 cm³/mol. The molecule has 1 aliphatic heterocycles. The number of hydrogen-bond donors (Lipinski definition) is 2. The van der Waals surface area contributed by atoms with E-state index in [0.29, 0.717) is 24.7 Å². The molecule has 1 aliphatic rings. The summed E-state index contributed by atoms with van der Waals surface area (Å²) in [5.74, 6) is 1.14. The van der Waals surface area contributed by atoms with Crippen molar-refractivity contribution in [2.75, 3.05) is 27.3 Å². The summed E-state index contributed by atoms with van der Waals surface area (Å²) in [6.45, 7) is 0.570. The van der Waals surface area contributed by atoms with Crippen LogP contribution in [0.5, 0.6) is 5.88 Å². The van der Waals surface area contributed by atoms with Gasteiger partial charge in [-0.1, -0.05) is 18.2 Å². The number of likely N-dealkylation sites (tertiary alicyclic amines) is 1. The minimum atomic E-state index is -0.210. The van der Waals surface area contributed by atoms with Crippen LogP contribution in [-0.2, 0) is 9.53 Å². The standard InChI is InChI=1S/C21H25N5O3/c1-28-14-7-8-26(19(27)11-22)18(10-14)20-23-12-17(24-20)15-9-13-5-3-4-6-16(13)25-21(15)29-2/h3-6,9,12,14,18H,7-8,10-11,22H2,1-2H3,(H,23,24)/t14-,18-/m0/s1. The van der Waals surface area contributed by atoms with Gasteiger partial charge >= 0.3 is 0 Å². The normalized spacial score (nSPS) is 19.5. The van der Waals surface area contributed by atoms with Crippen molar-refractivity contribution in [3.8, 4) is 17.1 Å². The van der Waals surface area contributed by atoms with Crippen LogP contribution in [0, 0.1) is 0 Å². The minimum absolute atomic E-state index is 0.0237. The van der Waals surface area contributed by atoms with Crippen LogP contribution in [0.25, 0.3) is 22.2 Å². The third-order valence-electron chi connectivity index (χ3n) is 5.47. The zero-order valence-corrected chi connectivity index (χ0v) is 16.6. The number of benzene rings is 1. The average molecular weight is 395 g/mol. The number of carbonyl (C=O) groups excluding carboxylic acids is 1. The highest BCUT2D eigenvalue weighted by Crippen LogP contribution is 2.34. The first-order chi connectivity index (χ1) is 14.1. The maximum Gasteiger partial charge on any atom is 0.236 e. The summed E-state index contributed by atoms with van der Waals surface area (Å²) < 4.78 is 11.1. The summed E-state index contributed by atoms with van der Waals surface area (Å²) in [6, 6.07) is 9.69. The van der Waals surface area contributed by atoms with Crippen LogP contribution in [0.2, 0.25) is 0 Å². The lowest BCUT2D eigenvalue weighted by Gasteiger charge is -2.37. The second-order valence-corrected chi connectivity index (χ2v) is 7.11. The first-order valence-corrected chi connectivity index (χ1v) is 9.66. The Morgan fingerprint density at radius 3 is 2.93 bits per heavy atom. The van der Waals surface area contributed by atoms with Gasteiger partial charge in [0, 0.05) is 25.5 Å². The number of aromatic amines is 1. The number of hydrogen-bond acceptors (Lipinski definition) is 6. The van der Waals surface area contributed by atoms with Crippen LogP contribution in [0.3, 0.4) is 0 Å². The quantitative estimate of drug-likeness (QED) is 0.686. The van der Waals surface area contributed by atoms with Crippen molar-refractivity contribution in [1.29, 1.82) is 0 Å². The number of piperidine rings is 1. The van der Waals surface area contributed by atoms with E-state index in [-0.39, 0.29) is 24.6 Å². The van der Waals surface area contributed by atoms with Gasteiger partial charge in [0.2, 0.25) is 11.8 Å². The fourth-order valence-corrected chi connectivity index (χ4v) is 3.91. The van der Waals surface area contributed by atoms with Gasteiger partial charge in [-0.3, -0.25) is 4.79 Å². The van der Waals surface area contributed by atoms with Gasteiger partial charge in [0.05, 0.1) is 48.8 Å². The first kappa shape index (κ1) is 19.4. The highest BCUT2D eigenvalue weighted by molar-refractivity contribution is 5.85. The van der Waals surface area contributed by atoms with Crippen LogP contribution < -0.4 is 10.5 Å². The largest absolute Gasteiger partial charge is 0.480 e. The molecule has 1 fully saturated rings. The zero-order valence-electron chi connectivity index (χ0n) is 16.6. The molecule has 1 saturated heterocycles. The number of nitrogens with zero attached hydrogens (tertiary/aromatic N) is 3. The van der Waals surface area contributed by atoms with Crippen molar-refractivity contribution < 1.29 is 14.3 Å². The SMILES string of the molecule is COc1nc2ccccc2cc1-c1cnc([C@@H]2C[C@@H](OC)CCN2C(=O)CN)[nH]1. The molecule has 0 radical (unpaired) electrons. The van der Waals surface area contributed by atoms with E-state index in [1.807, 2.05) is 30.3 Å². The highest BCUT2D eigenvalue weighted by Gasteiger charge is 2.34. The van der Waals surface area contributed by atoms with Crippen LogP contribution >= 0.6 is 0 Å². The number of pyridine rings is 1. The number of imidazole rings is 1. The molecule has 2 atom stereocenters. The third-order valence-corrected chi connectivity index (χ3v) is 5.47. The van der Waals surface area contributed by atoms with Gasteiger partial charge in [-0.15, -0.1) is 0 Å². The maximum absolute atomic E-state index is 12.4. The molecule has 2 aromatic heterocycles. The molecule has 0 bridgehead atoms. The topological polar surface area (TPSA) is 106 Å². The van der Waals surface area contributed by atoms with E-state index < -0.39 is 0 Å². The molecule has 3 N–H and O–H groups in total. The van der Waals surface area contributed by atoms with Crippen molar-refractivity contribution >= 4 is 16.8 Å². The number of ether oxygens (including phenoxy) is 2. The predicted octanol–water partition coefficient (Wildman–Crippen LogP) is 2.27. The second-order valence-electron chi connectivity index (χ2n) is 7.11. The number of carbonyl (C=O) groups is 1. The van der Waals surface area contributed by atoms with E-state index in [1.165, 1.54) is 0 Å². The van der Waals surface area contributed by atoms with E-state index in [9.17, 15) is 4.79 Å². The summed E-state index contributed by atoms with van der Waals surface area (Å²) in [6.07, 6.45) is 3.29. The second kappa shape index (κ2) is 8.18. The van der Waals surface area contributed by atoms with Gasteiger partial charge in [-0.2, -0.15) is 0 Å². The van der Waals surface area contributed by atoms with E-state index in [1.54, 1.807) is 25.3 Å². The van der Waals surface area contributed by atoms with Crippen LogP contribution in [0.4, 0.5) is 0 Å². The first-order valence-electron chi connectivity index (χ1n) is 9.66. The van der Waals surface area contributed by atoms with Crippen LogP contribution in [0.15, 0.2) is 36.5 Å². The molecule has 29 heavy (non-hydrogen) atoms. The van der Waals surface area contributed by atoms with Gasteiger partial charge in [-0.05, 0) is 18.6 Å². The number of nitrogens with one attached hydrogen (secondary N) is 1. The molecule has 8 heteroatoms. The number of H-pyrrole nitrogens is 1. The fourth-order valence-electron chi connectivity index (χ4n) is 3.91. The number of para-hydroxylation sites is 1. The van der Waals surface area contributed by atoms with Gasteiger partial charge < -0.3 is 25.1 Å². The van der Waals surface area contributed by atoms with Gasteiger partial charge in [0.25, 0.3) is 0 Å². The molecule has 1 aromatic carbocycles.